The molecule has 0 unspecified atom stereocenters. The van der Waals surface area contributed by atoms with Crippen LogP contribution in [0.4, 0.5) is 10.5 Å². The minimum atomic E-state index is -0.179. The molecule has 0 atom stereocenters. The van der Waals surface area contributed by atoms with Gasteiger partial charge in [0, 0.05) is 18.8 Å². The first kappa shape index (κ1) is 14.7. The average Bonchev–Trinajstić information content (AvgIpc) is 2.77. The number of nitrogens with one attached hydrogen (secondary N) is 1. The number of carbonyl (C=O) groups is 1. The van der Waals surface area contributed by atoms with Crippen LogP contribution in [-0.4, -0.2) is 40.7 Å². The molecule has 20 heavy (non-hydrogen) atoms. The number of thiazole rings is 1. The highest BCUT2D eigenvalue weighted by molar-refractivity contribution is 7.18. The number of anilines is 1. The predicted octanol–water partition coefficient (Wildman–Crippen LogP) is 2.84. The molecule has 1 aromatic carbocycles. The lowest BCUT2D eigenvalue weighted by Crippen LogP contribution is -2.37. The molecule has 0 bridgehead atoms. The summed E-state index contributed by atoms with van der Waals surface area (Å²) < 4.78 is 1.06. The highest BCUT2D eigenvalue weighted by atomic mass is 32.1. The second kappa shape index (κ2) is 6.67. The number of benzene rings is 1. The van der Waals surface area contributed by atoms with E-state index in [1.54, 1.807) is 16.2 Å². The second-order valence-electron chi connectivity index (χ2n) is 4.56. The van der Waals surface area contributed by atoms with Gasteiger partial charge >= 0.3 is 6.03 Å². The lowest BCUT2D eigenvalue weighted by molar-refractivity contribution is 0.188. The Morgan fingerprint density at radius 2 is 2.25 bits per heavy atom. The molecule has 0 aliphatic rings. The molecule has 5 nitrogen and oxygen atoms in total. The Bertz CT molecular complexity index is 591. The Morgan fingerprint density at radius 3 is 2.95 bits per heavy atom. The van der Waals surface area contributed by atoms with Gasteiger partial charge in [-0.1, -0.05) is 6.92 Å². The van der Waals surface area contributed by atoms with Gasteiger partial charge in [0.05, 0.1) is 21.8 Å². The molecular weight excluding hydrogens is 274 g/mol. The van der Waals surface area contributed by atoms with Gasteiger partial charge in [0.25, 0.3) is 0 Å². The number of urea groups is 1. The van der Waals surface area contributed by atoms with Crippen molar-refractivity contribution in [2.45, 2.75) is 20.3 Å². The maximum absolute atomic E-state index is 12.1. The van der Waals surface area contributed by atoms with Crippen LogP contribution in [0.2, 0.25) is 0 Å². The molecule has 1 aromatic heterocycles. The smallest absolute Gasteiger partial charge is 0.321 e. The van der Waals surface area contributed by atoms with E-state index in [1.807, 2.05) is 32.0 Å². The molecule has 1 heterocycles. The van der Waals surface area contributed by atoms with E-state index in [-0.39, 0.29) is 12.6 Å². The zero-order valence-corrected chi connectivity index (χ0v) is 12.5. The van der Waals surface area contributed by atoms with Gasteiger partial charge < -0.3 is 15.3 Å². The number of aliphatic hydroxyl groups excluding tert-OH is 1. The molecule has 0 saturated heterocycles. The number of rotatable bonds is 5. The summed E-state index contributed by atoms with van der Waals surface area (Å²) in [7, 11) is 0. The average molecular weight is 293 g/mol. The number of carbonyl (C=O) groups excluding carboxylic acids is 1. The summed E-state index contributed by atoms with van der Waals surface area (Å²) in [6.07, 6.45) is 0.862. The van der Waals surface area contributed by atoms with Gasteiger partial charge in [-0.15, -0.1) is 11.3 Å². The number of nitrogens with zero attached hydrogens (tertiary/aromatic N) is 2. The van der Waals surface area contributed by atoms with Crippen LogP contribution in [-0.2, 0) is 0 Å². The predicted molar refractivity (Wildman–Crippen MR) is 82.3 cm³/mol. The zero-order valence-electron chi connectivity index (χ0n) is 11.7. The van der Waals surface area contributed by atoms with Crippen LogP contribution in [0.5, 0.6) is 0 Å². The van der Waals surface area contributed by atoms with Crippen LogP contribution in [0.15, 0.2) is 18.2 Å². The maximum atomic E-state index is 12.1. The van der Waals surface area contributed by atoms with E-state index < -0.39 is 0 Å². The summed E-state index contributed by atoms with van der Waals surface area (Å²) in [4.78, 5) is 18.1. The lowest BCUT2D eigenvalue weighted by atomic mass is 10.3. The van der Waals surface area contributed by atoms with Crippen LogP contribution in [0.25, 0.3) is 10.2 Å². The molecule has 2 N–H and O–H groups in total. The van der Waals surface area contributed by atoms with E-state index >= 15 is 0 Å². The Balaban J connectivity index is 2.11. The zero-order chi connectivity index (χ0) is 14.5. The summed E-state index contributed by atoms with van der Waals surface area (Å²) in [5, 5.41) is 12.9. The highest BCUT2D eigenvalue weighted by Gasteiger charge is 2.12. The summed E-state index contributed by atoms with van der Waals surface area (Å²) in [6.45, 7) is 4.92. The Kier molecular flexibility index (Phi) is 4.92. The third kappa shape index (κ3) is 3.46. The van der Waals surface area contributed by atoms with Gasteiger partial charge in [-0.05, 0) is 31.5 Å². The molecule has 2 amide bonds. The molecule has 2 rings (SSSR count). The van der Waals surface area contributed by atoms with Gasteiger partial charge in [0.15, 0.2) is 0 Å². The fourth-order valence-electron chi connectivity index (χ4n) is 2.03. The van der Waals surface area contributed by atoms with E-state index in [2.05, 4.69) is 10.3 Å². The van der Waals surface area contributed by atoms with Crippen LogP contribution in [0.3, 0.4) is 0 Å². The number of aromatic nitrogens is 1. The van der Waals surface area contributed by atoms with Crippen molar-refractivity contribution in [3.63, 3.8) is 0 Å². The molecule has 0 aliphatic carbocycles. The maximum Gasteiger partial charge on any atom is 0.321 e. The molecule has 0 aliphatic heterocycles. The van der Waals surface area contributed by atoms with Crippen molar-refractivity contribution in [1.82, 2.24) is 9.88 Å². The number of hydrogen-bond donors (Lipinski definition) is 2. The fraction of sp³-hybridized carbons (Fsp3) is 0.429. The van der Waals surface area contributed by atoms with Crippen molar-refractivity contribution in [3.8, 4) is 0 Å². The molecule has 0 radical (unpaired) electrons. The summed E-state index contributed by atoms with van der Waals surface area (Å²) in [6, 6.07) is 5.51. The van der Waals surface area contributed by atoms with Crippen molar-refractivity contribution < 1.29 is 9.90 Å². The van der Waals surface area contributed by atoms with Gasteiger partial charge in [0.2, 0.25) is 0 Å². The van der Waals surface area contributed by atoms with Gasteiger partial charge in [-0.2, -0.15) is 0 Å². The normalized spacial score (nSPS) is 10.8. The molecule has 0 fully saturated rings. The minimum absolute atomic E-state index is 0.0273. The number of amides is 2. The topological polar surface area (TPSA) is 65.5 Å². The number of aliphatic hydroxyl groups is 1. The molecule has 0 spiro atoms. The second-order valence-corrected chi connectivity index (χ2v) is 5.79. The van der Waals surface area contributed by atoms with E-state index in [4.69, 9.17) is 5.11 Å². The standard InChI is InChI=1S/C14H19N3O2S/c1-3-6-17(7-8-18)14(19)16-11-4-5-12-13(9-11)20-10(2)15-12/h4-5,9,18H,3,6-8H2,1-2H3,(H,16,19). The Labute approximate surface area is 122 Å². The largest absolute Gasteiger partial charge is 0.395 e. The quantitative estimate of drug-likeness (QED) is 0.891. The van der Waals surface area contributed by atoms with Gasteiger partial charge in [-0.25, -0.2) is 9.78 Å². The number of aryl methyl sites for hydroxylation is 1. The third-order valence-corrected chi connectivity index (χ3v) is 3.83. The monoisotopic (exact) mass is 293 g/mol. The van der Waals surface area contributed by atoms with Gasteiger partial charge in [0.1, 0.15) is 0 Å². The van der Waals surface area contributed by atoms with Crippen LogP contribution >= 0.6 is 11.3 Å². The SMILES string of the molecule is CCCN(CCO)C(=O)Nc1ccc2nc(C)sc2c1. The Hall–Kier alpha value is -1.66. The van der Waals surface area contributed by atoms with Crippen LogP contribution < -0.4 is 5.32 Å². The van der Waals surface area contributed by atoms with E-state index in [0.29, 0.717) is 13.1 Å². The Morgan fingerprint density at radius 1 is 1.45 bits per heavy atom. The van der Waals surface area contributed by atoms with Crippen molar-refractivity contribution in [2.75, 3.05) is 25.0 Å². The summed E-state index contributed by atoms with van der Waals surface area (Å²) >= 11 is 1.61. The van der Waals surface area contributed by atoms with Crippen molar-refractivity contribution in [2.24, 2.45) is 0 Å². The van der Waals surface area contributed by atoms with E-state index in [1.165, 1.54) is 0 Å². The fourth-order valence-corrected chi connectivity index (χ4v) is 2.89. The molecule has 0 saturated carbocycles. The lowest BCUT2D eigenvalue weighted by Gasteiger charge is -2.21. The van der Waals surface area contributed by atoms with E-state index in [9.17, 15) is 4.79 Å². The van der Waals surface area contributed by atoms with Crippen molar-refractivity contribution in [3.05, 3.63) is 23.2 Å². The summed E-state index contributed by atoms with van der Waals surface area (Å²) in [5.41, 5.74) is 1.71. The molecule has 108 valence electrons. The minimum Gasteiger partial charge on any atom is -0.395 e. The molecule has 6 heteroatoms. The van der Waals surface area contributed by atoms with Crippen LogP contribution in [0.1, 0.15) is 18.4 Å². The van der Waals surface area contributed by atoms with Crippen LogP contribution in [0, 0.1) is 6.92 Å². The van der Waals surface area contributed by atoms with E-state index in [0.717, 1.165) is 27.3 Å². The van der Waals surface area contributed by atoms with Crippen molar-refractivity contribution in [1.29, 1.82) is 0 Å². The first-order valence-electron chi connectivity index (χ1n) is 6.68. The highest BCUT2D eigenvalue weighted by Crippen LogP contribution is 2.24. The van der Waals surface area contributed by atoms with Crippen molar-refractivity contribution >= 4 is 33.3 Å². The number of hydrogen-bond acceptors (Lipinski definition) is 4. The first-order chi connectivity index (χ1) is 9.63. The third-order valence-electron chi connectivity index (χ3n) is 2.90. The molecular formula is C14H19N3O2S. The first-order valence-corrected chi connectivity index (χ1v) is 7.49. The number of fused-ring (bicyclic) bond motifs is 1. The van der Waals surface area contributed by atoms with Gasteiger partial charge in [-0.3, -0.25) is 0 Å². The summed E-state index contributed by atoms with van der Waals surface area (Å²) in [5.74, 6) is 0. The molecule has 2 aromatic rings.